The fourth-order valence-electron chi connectivity index (χ4n) is 4.00. The Labute approximate surface area is 163 Å². The number of phenols is 1. The van der Waals surface area contributed by atoms with Crippen LogP contribution in [0.2, 0.25) is 0 Å². The van der Waals surface area contributed by atoms with Gasteiger partial charge in [0.25, 0.3) is 5.91 Å². The molecular formula is C23H23NO4. The molecule has 0 saturated carbocycles. The Morgan fingerprint density at radius 1 is 1.18 bits per heavy atom. The molecule has 5 heteroatoms. The summed E-state index contributed by atoms with van der Waals surface area (Å²) in [5.41, 5.74) is 2.52. The van der Waals surface area contributed by atoms with E-state index in [0.29, 0.717) is 18.4 Å². The molecule has 5 nitrogen and oxygen atoms in total. The van der Waals surface area contributed by atoms with Crippen LogP contribution in [0, 0.1) is 0 Å². The summed E-state index contributed by atoms with van der Waals surface area (Å²) in [5, 5.41) is 11.2. The Hall–Kier alpha value is -3.08. The van der Waals surface area contributed by atoms with E-state index in [9.17, 15) is 14.7 Å². The number of aryl methyl sites for hydroxylation is 2. The average Bonchev–Trinajstić information content (AvgIpc) is 2.90. The van der Waals surface area contributed by atoms with Crippen LogP contribution in [0.4, 0.5) is 5.69 Å². The third kappa shape index (κ3) is 3.17. The second-order valence-electron chi connectivity index (χ2n) is 7.22. The van der Waals surface area contributed by atoms with E-state index in [1.54, 1.807) is 11.0 Å². The zero-order valence-corrected chi connectivity index (χ0v) is 15.9. The standard InChI is InChI=1S/C23H23NO4/c1-2-7-16-14-20(26)28-22-17(16)11-12-19(25)21(22)23(27)24-13-6-5-9-15-8-3-4-10-18(15)24/h3-4,8,10-12,14,25H,2,5-7,9,13H2,1H3. The SMILES string of the molecule is CCCc1cc(=O)oc2c(C(=O)N3CCCCc4ccccc43)c(O)ccc12. The van der Waals surface area contributed by atoms with E-state index >= 15 is 0 Å². The number of hydrogen-bond acceptors (Lipinski definition) is 4. The lowest BCUT2D eigenvalue weighted by atomic mass is 10.0. The number of anilines is 1. The summed E-state index contributed by atoms with van der Waals surface area (Å²) in [6.07, 6.45) is 4.35. The molecule has 0 aliphatic carbocycles. The molecule has 2 aromatic carbocycles. The lowest BCUT2D eigenvalue weighted by molar-refractivity contribution is 0.0985. The van der Waals surface area contributed by atoms with Crippen LogP contribution in [0.5, 0.6) is 5.75 Å². The van der Waals surface area contributed by atoms with Gasteiger partial charge in [0.2, 0.25) is 0 Å². The van der Waals surface area contributed by atoms with Crippen LogP contribution >= 0.6 is 0 Å². The summed E-state index contributed by atoms with van der Waals surface area (Å²) in [7, 11) is 0. The number of carbonyl (C=O) groups excluding carboxylic acids is 1. The van der Waals surface area contributed by atoms with Crippen molar-refractivity contribution in [3.8, 4) is 5.75 Å². The summed E-state index contributed by atoms with van der Waals surface area (Å²) in [5.74, 6) is -0.509. The number of fused-ring (bicyclic) bond motifs is 2. The molecule has 0 spiro atoms. The molecule has 1 N–H and O–H groups in total. The minimum absolute atomic E-state index is 0.0595. The van der Waals surface area contributed by atoms with Crippen molar-refractivity contribution in [2.24, 2.45) is 0 Å². The maximum absolute atomic E-state index is 13.5. The van der Waals surface area contributed by atoms with Crippen LogP contribution in [0.1, 0.15) is 47.7 Å². The molecule has 144 valence electrons. The summed E-state index contributed by atoms with van der Waals surface area (Å²) >= 11 is 0. The van der Waals surface area contributed by atoms with Crippen molar-refractivity contribution in [2.45, 2.75) is 39.0 Å². The molecular weight excluding hydrogens is 354 g/mol. The number of benzene rings is 2. The molecule has 0 atom stereocenters. The zero-order valence-electron chi connectivity index (χ0n) is 15.9. The van der Waals surface area contributed by atoms with Crippen molar-refractivity contribution in [1.29, 1.82) is 0 Å². The van der Waals surface area contributed by atoms with Crippen molar-refractivity contribution < 1.29 is 14.3 Å². The molecule has 28 heavy (non-hydrogen) atoms. The number of carbonyl (C=O) groups is 1. The van der Waals surface area contributed by atoms with E-state index in [0.717, 1.165) is 42.5 Å². The topological polar surface area (TPSA) is 70.8 Å². The maximum Gasteiger partial charge on any atom is 0.336 e. The molecule has 0 radical (unpaired) electrons. The third-order valence-corrected chi connectivity index (χ3v) is 5.31. The normalized spacial score (nSPS) is 14.0. The van der Waals surface area contributed by atoms with Gasteiger partial charge in [-0.1, -0.05) is 31.5 Å². The van der Waals surface area contributed by atoms with E-state index in [4.69, 9.17) is 4.42 Å². The predicted octanol–water partition coefficient (Wildman–Crippen LogP) is 4.43. The predicted molar refractivity (Wildman–Crippen MR) is 109 cm³/mol. The lowest BCUT2D eigenvalue weighted by Gasteiger charge is -2.23. The largest absolute Gasteiger partial charge is 0.507 e. The summed E-state index contributed by atoms with van der Waals surface area (Å²) in [4.78, 5) is 27.4. The van der Waals surface area contributed by atoms with Crippen LogP contribution in [-0.4, -0.2) is 17.6 Å². The van der Waals surface area contributed by atoms with Crippen molar-refractivity contribution in [3.05, 3.63) is 69.6 Å². The molecule has 1 aromatic heterocycles. The van der Waals surface area contributed by atoms with E-state index in [-0.39, 0.29) is 22.8 Å². The number of nitrogens with zero attached hydrogens (tertiary/aromatic N) is 1. The van der Waals surface area contributed by atoms with E-state index < -0.39 is 5.63 Å². The van der Waals surface area contributed by atoms with E-state index in [2.05, 4.69) is 0 Å². The van der Waals surface area contributed by atoms with Crippen molar-refractivity contribution >= 4 is 22.6 Å². The van der Waals surface area contributed by atoms with Gasteiger partial charge in [0.1, 0.15) is 11.3 Å². The first kappa shape index (κ1) is 18.3. The molecule has 0 fully saturated rings. The van der Waals surface area contributed by atoms with Gasteiger partial charge in [0.15, 0.2) is 5.58 Å². The molecule has 0 saturated heterocycles. The van der Waals surface area contributed by atoms with Gasteiger partial charge >= 0.3 is 5.63 Å². The Morgan fingerprint density at radius 2 is 2.00 bits per heavy atom. The van der Waals surface area contributed by atoms with E-state index in [1.165, 1.54) is 12.1 Å². The lowest BCUT2D eigenvalue weighted by Crippen LogP contribution is -2.32. The average molecular weight is 377 g/mol. The van der Waals surface area contributed by atoms with Gasteiger partial charge in [0, 0.05) is 23.7 Å². The third-order valence-electron chi connectivity index (χ3n) is 5.31. The number of para-hydroxylation sites is 1. The van der Waals surface area contributed by atoms with Crippen LogP contribution < -0.4 is 10.5 Å². The van der Waals surface area contributed by atoms with Gasteiger partial charge in [-0.25, -0.2) is 4.79 Å². The first-order chi connectivity index (χ1) is 13.6. The number of rotatable bonds is 3. The Morgan fingerprint density at radius 3 is 2.82 bits per heavy atom. The second kappa shape index (κ2) is 7.50. The smallest absolute Gasteiger partial charge is 0.336 e. The first-order valence-corrected chi connectivity index (χ1v) is 9.78. The van der Waals surface area contributed by atoms with Gasteiger partial charge in [-0.05, 0) is 55.0 Å². The molecule has 0 unspecified atom stereocenters. The van der Waals surface area contributed by atoms with Crippen molar-refractivity contribution in [2.75, 3.05) is 11.4 Å². The van der Waals surface area contributed by atoms with Gasteiger partial charge in [-0.2, -0.15) is 0 Å². The first-order valence-electron chi connectivity index (χ1n) is 9.78. The Bertz CT molecular complexity index is 1100. The number of aromatic hydroxyl groups is 1. The maximum atomic E-state index is 13.5. The number of hydrogen-bond donors (Lipinski definition) is 1. The summed E-state index contributed by atoms with van der Waals surface area (Å²) < 4.78 is 5.43. The van der Waals surface area contributed by atoms with Crippen LogP contribution in [0.15, 0.2) is 51.7 Å². The van der Waals surface area contributed by atoms with E-state index in [1.807, 2.05) is 31.2 Å². The fraction of sp³-hybridized carbons (Fsp3) is 0.304. The number of amides is 1. The number of phenolic OH excluding ortho intramolecular Hbond substituents is 1. The molecule has 1 amide bonds. The molecule has 1 aliphatic rings. The summed E-state index contributed by atoms with van der Waals surface area (Å²) in [6.45, 7) is 2.59. The van der Waals surface area contributed by atoms with Crippen LogP contribution in [-0.2, 0) is 12.8 Å². The summed E-state index contributed by atoms with van der Waals surface area (Å²) in [6, 6.07) is 12.5. The van der Waals surface area contributed by atoms with Gasteiger partial charge in [-0.3, -0.25) is 4.79 Å². The second-order valence-corrected chi connectivity index (χ2v) is 7.22. The Balaban J connectivity index is 1.91. The molecule has 0 bridgehead atoms. The van der Waals surface area contributed by atoms with Crippen molar-refractivity contribution in [3.63, 3.8) is 0 Å². The van der Waals surface area contributed by atoms with Crippen LogP contribution in [0.25, 0.3) is 11.0 Å². The fourth-order valence-corrected chi connectivity index (χ4v) is 4.00. The van der Waals surface area contributed by atoms with Crippen LogP contribution in [0.3, 0.4) is 0 Å². The highest BCUT2D eigenvalue weighted by Gasteiger charge is 2.27. The van der Waals surface area contributed by atoms with Gasteiger partial charge in [-0.15, -0.1) is 0 Å². The van der Waals surface area contributed by atoms with Crippen molar-refractivity contribution in [1.82, 2.24) is 0 Å². The highest BCUT2D eigenvalue weighted by Crippen LogP contribution is 2.33. The minimum Gasteiger partial charge on any atom is -0.507 e. The highest BCUT2D eigenvalue weighted by atomic mass is 16.4. The highest BCUT2D eigenvalue weighted by molar-refractivity contribution is 6.15. The van der Waals surface area contributed by atoms with Gasteiger partial charge in [0.05, 0.1) is 0 Å². The quantitative estimate of drug-likeness (QED) is 0.685. The Kier molecular flexibility index (Phi) is 4.90. The molecule has 4 rings (SSSR count). The molecule has 3 aromatic rings. The zero-order chi connectivity index (χ0) is 19.7. The molecule has 1 aliphatic heterocycles. The van der Waals surface area contributed by atoms with Gasteiger partial charge < -0.3 is 14.4 Å². The minimum atomic E-state index is -0.508. The monoisotopic (exact) mass is 377 g/mol. The molecule has 2 heterocycles.